The van der Waals surface area contributed by atoms with Gasteiger partial charge in [0.15, 0.2) is 5.65 Å². The second kappa shape index (κ2) is 6.94. The van der Waals surface area contributed by atoms with Crippen LogP contribution in [0.1, 0.15) is 11.4 Å². The minimum absolute atomic E-state index is 0.641. The Balaban J connectivity index is 1.53. The number of H-pyrrole nitrogens is 1. The number of rotatable bonds is 4. The number of hydrogen-bond acceptors (Lipinski definition) is 4. The molecule has 0 bridgehead atoms. The quantitative estimate of drug-likeness (QED) is 0.455. The minimum Gasteiger partial charge on any atom is -0.366 e. The summed E-state index contributed by atoms with van der Waals surface area (Å²) < 4.78 is 1.83. The van der Waals surface area contributed by atoms with Gasteiger partial charge in [0.1, 0.15) is 19.5 Å². The number of fused-ring (bicyclic) bond motifs is 2. The summed E-state index contributed by atoms with van der Waals surface area (Å²) in [5, 5.41) is 8.65. The third kappa shape index (κ3) is 3.23. The molecule has 8 heteroatoms. The Bertz CT molecular complexity index is 1360. The van der Waals surface area contributed by atoms with Crippen molar-refractivity contribution in [2.75, 3.05) is 5.32 Å². The molecule has 3 aromatic heterocycles. The SMILES string of the molecule is Bc1cnn2c(NCc3ccc4[nH]c(C)nc4c3)cc(-c3ccccc3Cl)nc12. The Morgan fingerprint density at radius 2 is 2.00 bits per heavy atom. The van der Waals surface area contributed by atoms with Crippen LogP contribution >= 0.6 is 11.6 Å². The number of anilines is 1. The van der Waals surface area contributed by atoms with Crippen molar-refractivity contribution in [1.29, 1.82) is 0 Å². The summed E-state index contributed by atoms with van der Waals surface area (Å²) >= 11 is 6.41. The highest BCUT2D eigenvalue weighted by molar-refractivity contribution is 6.36. The van der Waals surface area contributed by atoms with Gasteiger partial charge in [-0.3, -0.25) is 0 Å². The predicted molar refractivity (Wildman–Crippen MR) is 120 cm³/mol. The first-order valence-corrected chi connectivity index (χ1v) is 9.76. The normalized spacial score (nSPS) is 11.4. The van der Waals surface area contributed by atoms with Crippen LogP contribution in [0.3, 0.4) is 0 Å². The average molecular weight is 401 g/mol. The molecule has 0 saturated heterocycles. The van der Waals surface area contributed by atoms with E-state index in [1.807, 2.05) is 55.8 Å². The van der Waals surface area contributed by atoms with Crippen LogP contribution in [-0.4, -0.2) is 32.4 Å². The monoisotopic (exact) mass is 400 g/mol. The molecule has 5 aromatic rings. The van der Waals surface area contributed by atoms with E-state index < -0.39 is 0 Å². The molecule has 3 heterocycles. The zero-order valence-electron chi connectivity index (χ0n) is 16.1. The maximum atomic E-state index is 6.41. The van der Waals surface area contributed by atoms with Crippen molar-refractivity contribution in [3.05, 3.63) is 71.1 Å². The van der Waals surface area contributed by atoms with E-state index in [1.54, 1.807) is 0 Å². The number of aromatic amines is 1. The van der Waals surface area contributed by atoms with Crippen LogP contribution in [0.2, 0.25) is 5.02 Å². The summed E-state index contributed by atoms with van der Waals surface area (Å²) in [7, 11) is 2.00. The number of hydrogen-bond donors (Lipinski definition) is 2. The molecule has 2 aromatic carbocycles. The summed E-state index contributed by atoms with van der Waals surface area (Å²) in [4.78, 5) is 12.6. The molecule has 142 valence electrons. The molecule has 2 N–H and O–H groups in total. The summed E-state index contributed by atoms with van der Waals surface area (Å²) in [5.41, 5.74) is 6.67. The second-order valence-corrected chi connectivity index (χ2v) is 7.50. The van der Waals surface area contributed by atoms with Gasteiger partial charge >= 0.3 is 0 Å². The fourth-order valence-corrected chi connectivity index (χ4v) is 3.72. The van der Waals surface area contributed by atoms with Gasteiger partial charge in [0, 0.05) is 29.4 Å². The van der Waals surface area contributed by atoms with Crippen molar-refractivity contribution < 1.29 is 0 Å². The van der Waals surface area contributed by atoms with Gasteiger partial charge < -0.3 is 10.3 Å². The van der Waals surface area contributed by atoms with Crippen LogP contribution in [0.25, 0.3) is 27.9 Å². The first-order valence-electron chi connectivity index (χ1n) is 9.38. The van der Waals surface area contributed by atoms with Gasteiger partial charge in [-0.2, -0.15) is 9.61 Å². The second-order valence-electron chi connectivity index (χ2n) is 7.10. The van der Waals surface area contributed by atoms with E-state index in [0.29, 0.717) is 11.6 Å². The molecule has 0 spiro atoms. The molecule has 0 radical (unpaired) electrons. The number of nitrogens with one attached hydrogen (secondary N) is 2. The molecule has 0 amide bonds. The molecule has 5 rings (SSSR count). The highest BCUT2D eigenvalue weighted by Crippen LogP contribution is 2.28. The Morgan fingerprint density at radius 3 is 2.86 bits per heavy atom. The number of nitrogens with zero attached hydrogens (tertiary/aromatic N) is 4. The maximum Gasteiger partial charge on any atom is 0.151 e. The van der Waals surface area contributed by atoms with Crippen molar-refractivity contribution in [3.8, 4) is 11.3 Å². The molecule has 0 aliphatic heterocycles. The van der Waals surface area contributed by atoms with E-state index >= 15 is 0 Å². The Morgan fingerprint density at radius 1 is 1.14 bits per heavy atom. The number of aryl methyl sites for hydroxylation is 1. The van der Waals surface area contributed by atoms with E-state index in [0.717, 1.165) is 50.6 Å². The summed E-state index contributed by atoms with van der Waals surface area (Å²) in [6, 6.07) is 16.0. The van der Waals surface area contributed by atoms with Crippen LogP contribution in [0.5, 0.6) is 0 Å². The van der Waals surface area contributed by atoms with Gasteiger partial charge in [-0.15, -0.1) is 0 Å². The van der Waals surface area contributed by atoms with Crippen LogP contribution < -0.4 is 10.8 Å². The van der Waals surface area contributed by atoms with Crippen molar-refractivity contribution >= 4 is 47.4 Å². The van der Waals surface area contributed by atoms with Gasteiger partial charge in [-0.05, 0) is 36.1 Å². The standard InChI is InChI=1S/C21H18BClN6/c1-12-26-17-7-6-13(8-19(17)27-12)10-24-20-9-18(14-4-2-3-5-16(14)23)28-21-15(22)11-25-29(20)21/h2-9,11,24H,10,22H2,1H3,(H,26,27). The lowest BCUT2D eigenvalue weighted by Gasteiger charge is -2.12. The Kier molecular flexibility index (Phi) is 4.25. The fourth-order valence-electron chi connectivity index (χ4n) is 3.49. The first kappa shape index (κ1) is 17.8. The molecule has 0 atom stereocenters. The third-order valence-corrected chi connectivity index (χ3v) is 5.27. The third-order valence-electron chi connectivity index (χ3n) is 4.94. The van der Waals surface area contributed by atoms with Gasteiger partial charge in [0.25, 0.3) is 0 Å². The molecular weight excluding hydrogens is 383 g/mol. The Hall–Kier alpha value is -3.32. The predicted octanol–water partition coefficient (Wildman–Crippen LogP) is 3.10. The lowest BCUT2D eigenvalue weighted by Crippen LogP contribution is -2.09. The lowest BCUT2D eigenvalue weighted by molar-refractivity contribution is 0.927. The molecule has 0 unspecified atom stereocenters. The van der Waals surface area contributed by atoms with Crippen molar-refractivity contribution in [3.63, 3.8) is 0 Å². The smallest absolute Gasteiger partial charge is 0.151 e. The molecule has 0 fully saturated rings. The maximum absolute atomic E-state index is 6.41. The van der Waals surface area contributed by atoms with E-state index in [2.05, 4.69) is 38.6 Å². The van der Waals surface area contributed by atoms with Crippen LogP contribution in [0.15, 0.2) is 54.7 Å². The summed E-state index contributed by atoms with van der Waals surface area (Å²) in [6.07, 6.45) is 1.82. The molecule has 0 aliphatic rings. The van der Waals surface area contributed by atoms with Gasteiger partial charge in [-0.25, -0.2) is 9.97 Å². The van der Waals surface area contributed by atoms with Crippen molar-refractivity contribution in [2.45, 2.75) is 13.5 Å². The van der Waals surface area contributed by atoms with Gasteiger partial charge in [0.2, 0.25) is 0 Å². The average Bonchev–Trinajstić information content (AvgIpc) is 3.28. The first-order chi connectivity index (χ1) is 14.1. The minimum atomic E-state index is 0.641. The topological polar surface area (TPSA) is 70.9 Å². The fraction of sp³-hybridized carbons (Fsp3) is 0.0952. The number of aromatic nitrogens is 5. The highest BCUT2D eigenvalue weighted by Gasteiger charge is 2.12. The largest absolute Gasteiger partial charge is 0.366 e. The number of imidazole rings is 1. The highest BCUT2D eigenvalue weighted by atomic mass is 35.5. The van der Waals surface area contributed by atoms with Crippen LogP contribution in [-0.2, 0) is 6.54 Å². The van der Waals surface area contributed by atoms with Gasteiger partial charge in [0.05, 0.1) is 16.7 Å². The van der Waals surface area contributed by atoms with E-state index in [4.69, 9.17) is 16.6 Å². The number of halogens is 1. The molecular formula is C21H18BClN6. The molecule has 29 heavy (non-hydrogen) atoms. The lowest BCUT2D eigenvalue weighted by atomic mass is 10.0. The van der Waals surface area contributed by atoms with Gasteiger partial charge in [-0.1, -0.05) is 35.9 Å². The van der Waals surface area contributed by atoms with E-state index in [1.165, 1.54) is 0 Å². The van der Waals surface area contributed by atoms with Crippen molar-refractivity contribution in [1.82, 2.24) is 24.6 Å². The summed E-state index contributed by atoms with van der Waals surface area (Å²) in [6.45, 7) is 2.60. The summed E-state index contributed by atoms with van der Waals surface area (Å²) in [5.74, 6) is 1.77. The van der Waals surface area contributed by atoms with E-state index in [9.17, 15) is 0 Å². The van der Waals surface area contributed by atoms with Crippen LogP contribution in [0.4, 0.5) is 5.82 Å². The van der Waals surface area contributed by atoms with Crippen molar-refractivity contribution in [2.24, 2.45) is 0 Å². The van der Waals surface area contributed by atoms with Crippen LogP contribution in [0, 0.1) is 6.92 Å². The zero-order chi connectivity index (χ0) is 20.0. The molecule has 6 nitrogen and oxygen atoms in total. The number of benzene rings is 2. The molecule has 0 saturated carbocycles. The molecule has 0 aliphatic carbocycles. The zero-order valence-corrected chi connectivity index (χ0v) is 16.8. The Labute approximate surface area is 173 Å². The van der Waals surface area contributed by atoms with E-state index in [-0.39, 0.29) is 0 Å².